The van der Waals surface area contributed by atoms with Crippen molar-refractivity contribution in [3.05, 3.63) is 46.2 Å². The number of sulfonamides is 1. The number of rotatable bonds is 3. The van der Waals surface area contributed by atoms with Crippen LogP contribution in [0.3, 0.4) is 0 Å². The third-order valence-electron chi connectivity index (χ3n) is 3.30. The Kier molecular flexibility index (Phi) is 4.20. The van der Waals surface area contributed by atoms with Crippen LogP contribution in [-0.2, 0) is 10.0 Å². The van der Waals surface area contributed by atoms with E-state index in [4.69, 9.17) is 9.47 Å². The standard InChI is InChI=1S/C15H13BrFNO4S/c1-9-6-10(17)2-3-15(9)23(19,20)18-12-8-14-13(7-11(12)16)21-4-5-22-14/h2-3,6-8,18H,4-5H2,1H3. The lowest BCUT2D eigenvalue weighted by Gasteiger charge is -2.20. The Labute approximate surface area is 141 Å². The summed E-state index contributed by atoms with van der Waals surface area (Å²) in [4.78, 5) is 0.0145. The molecule has 3 rings (SSSR count). The molecule has 0 aliphatic carbocycles. The van der Waals surface area contributed by atoms with E-state index in [1.165, 1.54) is 19.1 Å². The topological polar surface area (TPSA) is 64.6 Å². The van der Waals surface area contributed by atoms with Crippen molar-refractivity contribution in [3.63, 3.8) is 0 Å². The monoisotopic (exact) mass is 401 g/mol. The second kappa shape index (κ2) is 6.01. The molecule has 23 heavy (non-hydrogen) atoms. The van der Waals surface area contributed by atoms with E-state index in [9.17, 15) is 12.8 Å². The zero-order chi connectivity index (χ0) is 16.6. The molecule has 1 aliphatic heterocycles. The van der Waals surface area contributed by atoms with Gasteiger partial charge in [0.15, 0.2) is 11.5 Å². The number of halogens is 2. The molecule has 0 saturated carbocycles. The van der Waals surface area contributed by atoms with Crippen LogP contribution < -0.4 is 14.2 Å². The van der Waals surface area contributed by atoms with Gasteiger partial charge in [-0.25, -0.2) is 12.8 Å². The van der Waals surface area contributed by atoms with E-state index in [-0.39, 0.29) is 4.90 Å². The number of hydrogen-bond acceptors (Lipinski definition) is 4. The van der Waals surface area contributed by atoms with Crippen LogP contribution in [0, 0.1) is 12.7 Å². The number of aryl methyl sites for hydroxylation is 1. The van der Waals surface area contributed by atoms with Gasteiger partial charge in [-0.05, 0) is 46.6 Å². The first kappa shape index (κ1) is 16.1. The fourth-order valence-electron chi connectivity index (χ4n) is 2.26. The molecule has 0 aromatic heterocycles. The average molecular weight is 402 g/mol. The maximum atomic E-state index is 13.2. The van der Waals surface area contributed by atoms with Gasteiger partial charge in [0, 0.05) is 16.6 Å². The summed E-state index contributed by atoms with van der Waals surface area (Å²) in [6, 6.07) is 6.71. The van der Waals surface area contributed by atoms with Crippen molar-refractivity contribution in [2.24, 2.45) is 0 Å². The molecule has 0 saturated heterocycles. The maximum absolute atomic E-state index is 13.2. The van der Waals surface area contributed by atoms with E-state index >= 15 is 0 Å². The Hall–Kier alpha value is -1.80. The Morgan fingerprint density at radius 1 is 1.13 bits per heavy atom. The molecule has 2 aromatic carbocycles. The summed E-state index contributed by atoms with van der Waals surface area (Å²) in [5.41, 5.74) is 0.643. The zero-order valence-electron chi connectivity index (χ0n) is 12.1. The van der Waals surface area contributed by atoms with Crippen molar-refractivity contribution in [2.75, 3.05) is 17.9 Å². The molecule has 1 N–H and O–H groups in total. The van der Waals surface area contributed by atoms with Gasteiger partial charge in [-0.1, -0.05) is 0 Å². The Morgan fingerprint density at radius 3 is 2.43 bits per heavy atom. The number of hydrogen-bond donors (Lipinski definition) is 1. The van der Waals surface area contributed by atoms with Crippen LogP contribution in [0.5, 0.6) is 11.5 Å². The van der Waals surface area contributed by atoms with Crippen LogP contribution in [0.4, 0.5) is 10.1 Å². The summed E-state index contributed by atoms with van der Waals surface area (Å²) in [6.45, 7) is 2.38. The van der Waals surface area contributed by atoms with Crippen LogP contribution >= 0.6 is 15.9 Å². The Bertz CT molecular complexity index is 870. The van der Waals surface area contributed by atoms with Crippen molar-refractivity contribution >= 4 is 31.6 Å². The number of fused-ring (bicyclic) bond motifs is 1. The molecule has 0 radical (unpaired) electrons. The summed E-state index contributed by atoms with van der Waals surface area (Å²) in [6.07, 6.45) is 0. The highest BCUT2D eigenvalue weighted by Crippen LogP contribution is 2.39. The van der Waals surface area contributed by atoms with Gasteiger partial charge in [-0.15, -0.1) is 0 Å². The second-order valence-corrected chi connectivity index (χ2v) is 7.50. The average Bonchev–Trinajstić information content (AvgIpc) is 2.47. The molecule has 122 valence electrons. The number of anilines is 1. The fourth-order valence-corrected chi connectivity index (χ4v) is 4.11. The summed E-state index contributed by atoms with van der Waals surface area (Å²) in [5, 5.41) is 0. The molecule has 0 atom stereocenters. The van der Waals surface area contributed by atoms with Gasteiger partial charge in [0.05, 0.1) is 10.6 Å². The largest absolute Gasteiger partial charge is 0.486 e. The first-order valence-corrected chi connectivity index (χ1v) is 9.02. The molecule has 0 amide bonds. The van der Waals surface area contributed by atoms with E-state index in [2.05, 4.69) is 20.7 Å². The van der Waals surface area contributed by atoms with Crippen LogP contribution in [0.2, 0.25) is 0 Å². The summed E-state index contributed by atoms with van der Waals surface area (Å²) in [5.74, 6) is 0.527. The van der Waals surface area contributed by atoms with Gasteiger partial charge in [0.1, 0.15) is 19.0 Å². The molecule has 0 fully saturated rings. The van der Waals surface area contributed by atoms with Gasteiger partial charge < -0.3 is 9.47 Å². The Balaban J connectivity index is 1.97. The number of nitrogens with one attached hydrogen (secondary N) is 1. The maximum Gasteiger partial charge on any atom is 0.262 e. The first-order chi connectivity index (χ1) is 10.9. The van der Waals surface area contributed by atoms with E-state index in [0.29, 0.717) is 40.4 Å². The molecule has 8 heteroatoms. The lowest BCUT2D eigenvalue weighted by Crippen LogP contribution is -2.17. The van der Waals surface area contributed by atoms with Gasteiger partial charge in [-0.2, -0.15) is 0 Å². The highest BCUT2D eigenvalue weighted by atomic mass is 79.9. The highest BCUT2D eigenvalue weighted by molar-refractivity contribution is 9.10. The molecular formula is C15H13BrFNO4S. The third kappa shape index (κ3) is 3.28. The van der Waals surface area contributed by atoms with Crippen molar-refractivity contribution < 1.29 is 22.3 Å². The summed E-state index contributed by atoms with van der Waals surface area (Å²) < 4.78 is 52.1. The summed E-state index contributed by atoms with van der Waals surface area (Å²) in [7, 11) is -3.85. The van der Waals surface area contributed by atoms with Crippen LogP contribution in [-0.4, -0.2) is 21.6 Å². The van der Waals surface area contributed by atoms with Gasteiger partial charge in [-0.3, -0.25) is 4.72 Å². The predicted molar refractivity (Wildman–Crippen MR) is 87.1 cm³/mol. The third-order valence-corrected chi connectivity index (χ3v) is 5.48. The van der Waals surface area contributed by atoms with Crippen LogP contribution in [0.15, 0.2) is 39.7 Å². The van der Waals surface area contributed by atoms with E-state index in [0.717, 1.165) is 6.07 Å². The molecule has 0 spiro atoms. The fraction of sp³-hybridized carbons (Fsp3) is 0.200. The van der Waals surface area contributed by atoms with Gasteiger partial charge >= 0.3 is 0 Å². The van der Waals surface area contributed by atoms with Crippen molar-refractivity contribution in [1.82, 2.24) is 0 Å². The van der Waals surface area contributed by atoms with E-state index in [1.807, 2.05) is 0 Å². The zero-order valence-corrected chi connectivity index (χ0v) is 14.5. The lowest BCUT2D eigenvalue weighted by molar-refractivity contribution is 0.171. The quantitative estimate of drug-likeness (QED) is 0.854. The lowest BCUT2D eigenvalue weighted by atomic mass is 10.2. The molecule has 1 heterocycles. The van der Waals surface area contributed by atoms with Crippen molar-refractivity contribution in [1.29, 1.82) is 0 Å². The first-order valence-electron chi connectivity index (χ1n) is 6.75. The van der Waals surface area contributed by atoms with E-state index < -0.39 is 15.8 Å². The molecule has 0 bridgehead atoms. The minimum absolute atomic E-state index is 0.0145. The molecule has 0 unspecified atom stereocenters. The summed E-state index contributed by atoms with van der Waals surface area (Å²) >= 11 is 3.31. The van der Waals surface area contributed by atoms with Crippen molar-refractivity contribution in [2.45, 2.75) is 11.8 Å². The number of benzene rings is 2. The SMILES string of the molecule is Cc1cc(F)ccc1S(=O)(=O)Nc1cc2c(cc1Br)OCCO2. The second-order valence-electron chi connectivity index (χ2n) is 4.99. The number of ether oxygens (including phenoxy) is 2. The molecular weight excluding hydrogens is 389 g/mol. The molecule has 1 aliphatic rings. The minimum atomic E-state index is -3.85. The minimum Gasteiger partial charge on any atom is -0.486 e. The molecule has 5 nitrogen and oxygen atoms in total. The van der Waals surface area contributed by atoms with Crippen LogP contribution in [0.25, 0.3) is 0 Å². The Morgan fingerprint density at radius 2 is 1.78 bits per heavy atom. The van der Waals surface area contributed by atoms with Crippen molar-refractivity contribution in [3.8, 4) is 11.5 Å². The van der Waals surface area contributed by atoms with Gasteiger partial charge in [0.2, 0.25) is 0 Å². The van der Waals surface area contributed by atoms with E-state index in [1.54, 1.807) is 12.1 Å². The smallest absolute Gasteiger partial charge is 0.262 e. The predicted octanol–water partition coefficient (Wildman–Crippen LogP) is 3.47. The molecule has 2 aromatic rings. The van der Waals surface area contributed by atoms with Crippen LogP contribution in [0.1, 0.15) is 5.56 Å². The highest BCUT2D eigenvalue weighted by Gasteiger charge is 2.21. The van der Waals surface area contributed by atoms with Gasteiger partial charge in [0.25, 0.3) is 10.0 Å². The normalized spacial score (nSPS) is 13.7.